The summed E-state index contributed by atoms with van der Waals surface area (Å²) in [5, 5.41) is 17.9. The van der Waals surface area contributed by atoms with Crippen molar-refractivity contribution in [3.05, 3.63) is 53.7 Å². The van der Waals surface area contributed by atoms with Crippen molar-refractivity contribution in [1.82, 2.24) is 29.5 Å². The molecule has 0 aromatic carbocycles. The summed E-state index contributed by atoms with van der Waals surface area (Å²) in [5.74, 6) is -0.398. The minimum atomic E-state index is -3.74. The average Bonchev–Trinajstić information content (AvgIpc) is 3.53. The second-order valence-electron chi connectivity index (χ2n) is 10.5. The fourth-order valence-corrected chi connectivity index (χ4v) is 6.75. The third-order valence-electron chi connectivity index (χ3n) is 7.30. The summed E-state index contributed by atoms with van der Waals surface area (Å²) in [4.78, 5) is 21.3. The molecule has 4 aromatic rings. The van der Waals surface area contributed by atoms with Gasteiger partial charge in [0.1, 0.15) is 16.4 Å². The van der Waals surface area contributed by atoms with E-state index in [1.807, 2.05) is 6.07 Å². The van der Waals surface area contributed by atoms with E-state index >= 15 is 0 Å². The summed E-state index contributed by atoms with van der Waals surface area (Å²) in [6.07, 6.45) is 8.59. The predicted octanol–water partition coefficient (Wildman–Crippen LogP) is 3.40. The molecule has 15 heteroatoms. The van der Waals surface area contributed by atoms with Gasteiger partial charge in [-0.2, -0.15) is 0 Å². The van der Waals surface area contributed by atoms with Crippen molar-refractivity contribution in [3.8, 4) is 0 Å². The smallest absolute Gasteiger partial charge is 0.276 e. The number of nitrogens with zero attached hydrogens (tertiary/aromatic N) is 5. The summed E-state index contributed by atoms with van der Waals surface area (Å²) in [5.41, 5.74) is 1.71. The van der Waals surface area contributed by atoms with Crippen LogP contribution in [0, 0.1) is 19.7 Å². The zero-order valence-corrected chi connectivity index (χ0v) is 23.3. The molecule has 13 nitrogen and oxygen atoms in total. The number of carbonyl (C=O) groups excluding carboxylic acids is 1. The van der Waals surface area contributed by atoms with E-state index in [9.17, 15) is 17.6 Å². The highest BCUT2D eigenvalue weighted by atomic mass is 32.2. The molecule has 0 radical (unpaired) electrons. The monoisotopic (exact) mass is 583 g/mol. The first kappa shape index (κ1) is 27.1. The van der Waals surface area contributed by atoms with Crippen molar-refractivity contribution in [2.45, 2.75) is 75.4 Å². The lowest BCUT2D eigenvalue weighted by Gasteiger charge is -2.29. The van der Waals surface area contributed by atoms with Crippen LogP contribution in [0.4, 0.5) is 21.6 Å². The highest BCUT2D eigenvalue weighted by molar-refractivity contribution is 7.89. The van der Waals surface area contributed by atoms with Crippen molar-refractivity contribution in [2.75, 3.05) is 16.0 Å². The van der Waals surface area contributed by atoms with Gasteiger partial charge in [-0.3, -0.25) is 9.78 Å². The molecule has 216 valence electrons. The highest BCUT2D eigenvalue weighted by Gasteiger charge is 2.30. The van der Waals surface area contributed by atoms with Crippen molar-refractivity contribution in [1.29, 1.82) is 0 Å². The standard InChI is InChI=1S/C26H30FN9O4S/c1-14-24(15(2)40-34-14)41(38,39)35-18-7-5-17(6-8-18)31-23-11-21(30-16-3-4-16)25-29-13-22(36(25)33-23)26(37)32-20-9-10-28-12-19(20)27/h9-13,16-18,30,35H,3-8H2,1-2H3,(H,31,33)(H,28,32,37)/t17-,18-. The molecular weight excluding hydrogens is 553 g/mol. The number of amides is 1. The van der Waals surface area contributed by atoms with Crippen LogP contribution in [0.2, 0.25) is 0 Å². The molecule has 2 fully saturated rings. The van der Waals surface area contributed by atoms with Gasteiger partial charge in [0.15, 0.2) is 22.9 Å². The predicted molar refractivity (Wildman–Crippen MR) is 148 cm³/mol. The molecule has 0 spiro atoms. The van der Waals surface area contributed by atoms with Gasteiger partial charge in [-0.25, -0.2) is 27.0 Å². The summed E-state index contributed by atoms with van der Waals surface area (Å²) in [7, 11) is -3.74. The van der Waals surface area contributed by atoms with E-state index in [1.165, 1.54) is 23.0 Å². The summed E-state index contributed by atoms with van der Waals surface area (Å²) >= 11 is 0. The molecule has 4 aromatic heterocycles. The van der Waals surface area contributed by atoms with Crippen molar-refractivity contribution in [3.63, 3.8) is 0 Å². The van der Waals surface area contributed by atoms with Crippen molar-refractivity contribution >= 4 is 38.8 Å². The largest absolute Gasteiger partial charge is 0.379 e. The molecule has 41 heavy (non-hydrogen) atoms. The normalized spacial score (nSPS) is 19.3. The molecule has 2 saturated carbocycles. The third kappa shape index (κ3) is 5.72. The molecule has 6 rings (SSSR count). The van der Waals surface area contributed by atoms with E-state index in [-0.39, 0.29) is 34.1 Å². The Bertz CT molecular complexity index is 1690. The van der Waals surface area contributed by atoms with Crippen LogP contribution in [0.5, 0.6) is 0 Å². The number of hydrogen-bond donors (Lipinski definition) is 4. The second kappa shape index (κ2) is 10.7. The Balaban J connectivity index is 1.17. The van der Waals surface area contributed by atoms with Gasteiger partial charge >= 0.3 is 0 Å². The SMILES string of the molecule is Cc1noc(C)c1S(=O)(=O)N[C@H]1CC[C@H](Nc2cc(NC3CC3)c3ncc(C(=O)Nc4ccncc4F)n3n2)CC1. The Labute approximate surface area is 235 Å². The number of aromatic nitrogens is 5. The van der Waals surface area contributed by atoms with Gasteiger partial charge in [-0.1, -0.05) is 5.16 Å². The topological polar surface area (TPSA) is 168 Å². The molecule has 0 aliphatic heterocycles. The van der Waals surface area contributed by atoms with Crippen molar-refractivity contribution < 1.29 is 22.1 Å². The lowest BCUT2D eigenvalue weighted by Crippen LogP contribution is -2.40. The molecule has 1 amide bonds. The first-order chi connectivity index (χ1) is 19.7. The Morgan fingerprint density at radius 3 is 2.41 bits per heavy atom. The van der Waals surface area contributed by atoms with E-state index in [4.69, 9.17) is 4.52 Å². The number of sulfonamides is 1. The minimum Gasteiger partial charge on any atom is -0.379 e. The van der Waals surface area contributed by atoms with Gasteiger partial charge in [0.25, 0.3) is 5.91 Å². The van der Waals surface area contributed by atoms with Crippen LogP contribution in [-0.2, 0) is 10.0 Å². The third-order valence-corrected chi connectivity index (χ3v) is 9.06. The first-order valence-electron chi connectivity index (χ1n) is 13.5. The van der Waals surface area contributed by atoms with E-state index in [0.29, 0.717) is 48.9 Å². The molecule has 4 heterocycles. The van der Waals surface area contributed by atoms with Gasteiger partial charge < -0.3 is 20.5 Å². The number of pyridine rings is 1. The number of fused-ring (bicyclic) bond motifs is 1. The van der Waals surface area contributed by atoms with Gasteiger partial charge in [0.05, 0.1) is 23.8 Å². The Morgan fingerprint density at radius 2 is 1.73 bits per heavy atom. The quantitative estimate of drug-likeness (QED) is 0.229. The summed E-state index contributed by atoms with van der Waals surface area (Å²) in [6, 6.07) is 3.40. The average molecular weight is 584 g/mol. The Hall–Kier alpha value is -4.11. The molecule has 0 unspecified atom stereocenters. The minimum absolute atomic E-state index is 0.00676. The van der Waals surface area contributed by atoms with E-state index < -0.39 is 21.7 Å². The van der Waals surface area contributed by atoms with E-state index in [0.717, 1.165) is 24.7 Å². The van der Waals surface area contributed by atoms with Crippen LogP contribution in [0.15, 0.2) is 40.1 Å². The number of anilines is 3. The van der Waals surface area contributed by atoms with Gasteiger partial charge in [-0.15, -0.1) is 5.10 Å². The van der Waals surface area contributed by atoms with Gasteiger partial charge in [0.2, 0.25) is 10.0 Å². The van der Waals surface area contributed by atoms with Gasteiger partial charge in [-0.05, 0) is 58.4 Å². The van der Waals surface area contributed by atoms with E-state index in [1.54, 1.807) is 13.8 Å². The Kier molecular flexibility index (Phi) is 7.07. The highest BCUT2D eigenvalue weighted by Crippen LogP contribution is 2.30. The maximum Gasteiger partial charge on any atom is 0.276 e. The number of halogens is 1. The van der Waals surface area contributed by atoms with Crippen LogP contribution < -0.4 is 20.7 Å². The van der Waals surface area contributed by atoms with Gasteiger partial charge in [0, 0.05) is 30.4 Å². The molecule has 2 aliphatic carbocycles. The second-order valence-corrected chi connectivity index (χ2v) is 12.2. The molecule has 0 atom stereocenters. The summed E-state index contributed by atoms with van der Waals surface area (Å²) < 4.78 is 49.2. The Morgan fingerprint density at radius 1 is 1.02 bits per heavy atom. The number of rotatable bonds is 9. The lowest BCUT2D eigenvalue weighted by molar-refractivity contribution is 0.102. The maximum absolute atomic E-state index is 14.1. The summed E-state index contributed by atoms with van der Waals surface area (Å²) in [6.45, 7) is 3.19. The van der Waals surface area contributed by atoms with Crippen LogP contribution in [0.25, 0.3) is 5.65 Å². The lowest BCUT2D eigenvalue weighted by atomic mass is 9.92. The number of imidazole rings is 1. The number of nitrogens with one attached hydrogen (secondary N) is 4. The molecule has 2 aliphatic rings. The van der Waals surface area contributed by atoms with Crippen LogP contribution >= 0.6 is 0 Å². The van der Waals surface area contributed by atoms with Crippen molar-refractivity contribution in [2.24, 2.45) is 0 Å². The van der Waals surface area contributed by atoms with E-state index in [2.05, 4.69) is 40.9 Å². The van der Waals surface area contributed by atoms with Crippen LogP contribution in [-0.4, -0.2) is 57.2 Å². The number of aryl methyl sites for hydroxylation is 2. The molecular formula is C26H30FN9O4S. The zero-order chi connectivity index (χ0) is 28.7. The zero-order valence-electron chi connectivity index (χ0n) is 22.5. The number of hydrogen-bond acceptors (Lipinski definition) is 10. The fourth-order valence-electron chi connectivity index (χ4n) is 5.11. The molecule has 4 N–H and O–H groups in total. The van der Waals surface area contributed by atoms with Crippen LogP contribution in [0.1, 0.15) is 60.5 Å². The number of carbonyl (C=O) groups is 1. The first-order valence-corrected chi connectivity index (χ1v) is 14.9. The van der Waals surface area contributed by atoms with Crippen LogP contribution in [0.3, 0.4) is 0 Å². The fraction of sp³-hybridized carbons (Fsp3) is 0.423. The molecule has 0 saturated heterocycles. The molecule has 0 bridgehead atoms. The maximum atomic E-state index is 14.1.